The van der Waals surface area contributed by atoms with Gasteiger partial charge in [0.15, 0.2) is 0 Å². The maximum absolute atomic E-state index is 6.38. The average Bonchev–Trinajstić information content (AvgIpc) is 2.98. The van der Waals surface area contributed by atoms with Gasteiger partial charge in [0, 0.05) is 17.2 Å². The molecule has 1 aliphatic heterocycles. The van der Waals surface area contributed by atoms with Crippen LogP contribution in [0.15, 0.2) is 24.3 Å². The minimum atomic E-state index is 0. The van der Waals surface area contributed by atoms with Crippen molar-refractivity contribution in [1.29, 1.82) is 0 Å². The summed E-state index contributed by atoms with van der Waals surface area (Å²) in [5.74, 6) is 1.93. The summed E-state index contributed by atoms with van der Waals surface area (Å²) < 4.78 is 6.13. The van der Waals surface area contributed by atoms with Crippen molar-refractivity contribution < 1.29 is 21.7 Å². The molecule has 1 aliphatic rings. The van der Waals surface area contributed by atoms with Crippen LogP contribution >= 0.6 is 0 Å². The molecule has 0 spiro atoms. The van der Waals surface area contributed by atoms with Crippen molar-refractivity contribution >= 4 is 28.7 Å². The molecule has 2 aromatic rings. The molecule has 0 amide bonds. The first kappa shape index (κ1) is 25.3. The van der Waals surface area contributed by atoms with Gasteiger partial charge in [0.2, 0.25) is 0 Å². The van der Waals surface area contributed by atoms with Crippen molar-refractivity contribution in [2.24, 2.45) is 0 Å². The summed E-state index contributed by atoms with van der Waals surface area (Å²) in [5.41, 5.74) is 14.9. The zero-order valence-corrected chi connectivity index (χ0v) is 19.9. The van der Waals surface area contributed by atoms with Crippen molar-refractivity contribution in [3.8, 4) is 5.75 Å². The molecule has 0 saturated carbocycles. The molecular weight excluding hydrogens is 398 g/mol. The molecule has 0 fully saturated rings. The summed E-state index contributed by atoms with van der Waals surface area (Å²) >= 11 is 0. The average molecular weight is 429 g/mol. The van der Waals surface area contributed by atoms with E-state index >= 15 is 0 Å². The van der Waals surface area contributed by atoms with Crippen LogP contribution in [0.1, 0.15) is 66.0 Å². The van der Waals surface area contributed by atoms with Gasteiger partial charge in [-0.25, -0.2) is 0 Å². The van der Waals surface area contributed by atoms with E-state index in [-0.39, 0.29) is 47.5 Å². The zero-order valence-electron chi connectivity index (χ0n) is 16.9. The Morgan fingerprint density at radius 2 is 1.69 bits per heavy atom. The molecule has 3 rings (SSSR count). The standard InChI is InChI=1S/C21H27NO.CH3.BrH.Mg/c1-6-17-13(4)20(22)14(5)19-18(11-23-21(17)19)16-9-7-15(8-10-16)12(2)3;;;/h7-10,12,18H,6,11,22H2,1-5H3;1H3;1H;/q;-1;;+2/p-1. The molecule has 0 aliphatic carbocycles. The van der Waals surface area contributed by atoms with Crippen LogP contribution in [-0.4, -0.2) is 29.7 Å². The van der Waals surface area contributed by atoms with Crippen LogP contribution in [-0.2, 0) is 6.42 Å². The Bertz CT molecular complexity index is 741. The first-order valence-electron chi connectivity index (χ1n) is 8.59. The fourth-order valence-corrected chi connectivity index (χ4v) is 3.73. The van der Waals surface area contributed by atoms with Gasteiger partial charge in [0.1, 0.15) is 5.75 Å². The summed E-state index contributed by atoms with van der Waals surface area (Å²) in [6.07, 6.45) is 0.956. The second-order valence-corrected chi connectivity index (χ2v) is 6.92. The Labute approximate surface area is 185 Å². The van der Waals surface area contributed by atoms with E-state index in [1.807, 2.05) is 0 Å². The van der Waals surface area contributed by atoms with Gasteiger partial charge in [-0.2, -0.15) is 0 Å². The first-order chi connectivity index (χ1) is 11.0. The van der Waals surface area contributed by atoms with Crippen molar-refractivity contribution in [3.63, 3.8) is 0 Å². The summed E-state index contributed by atoms with van der Waals surface area (Å²) in [6, 6.07) is 8.98. The van der Waals surface area contributed by atoms with Gasteiger partial charge < -0.3 is 34.9 Å². The predicted molar refractivity (Wildman–Crippen MR) is 110 cm³/mol. The SMILES string of the molecule is CCc1c(C)c(N)c(C)c2c1OCC2c1ccc(C(C)C)cc1.[Br-].[CH3-].[Mg+2]. The van der Waals surface area contributed by atoms with E-state index in [2.05, 4.69) is 58.9 Å². The monoisotopic (exact) mass is 427 g/mol. The van der Waals surface area contributed by atoms with Gasteiger partial charge in [0.05, 0.1) is 6.61 Å². The van der Waals surface area contributed by atoms with Gasteiger partial charge in [0.25, 0.3) is 0 Å². The molecule has 2 N–H and O–H groups in total. The third-order valence-electron chi connectivity index (χ3n) is 5.29. The molecule has 0 radical (unpaired) electrons. The number of nitrogens with two attached hydrogens (primary N) is 1. The number of benzene rings is 2. The van der Waals surface area contributed by atoms with Crippen LogP contribution in [0.4, 0.5) is 5.69 Å². The maximum Gasteiger partial charge on any atom is 2.00 e. The third kappa shape index (κ3) is 4.23. The number of ether oxygens (including phenoxy) is 1. The van der Waals surface area contributed by atoms with E-state index in [0.717, 1.165) is 17.9 Å². The second kappa shape index (κ2) is 10.0. The smallest absolute Gasteiger partial charge is 1.00 e. The molecule has 2 nitrogen and oxygen atoms in total. The summed E-state index contributed by atoms with van der Waals surface area (Å²) in [4.78, 5) is 0. The van der Waals surface area contributed by atoms with Crippen molar-refractivity contribution in [2.75, 3.05) is 12.3 Å². The third-order valence-corrected chi connectivity index (χ3v) is 5.29. The molecule has 0 aromatic heterocycles. The van der Waals surface area contributed by atoms with Gasteiger partial charge in [-0.3, -0.25) is 0 Å². The van der Waals surface area contributed by atoms with E-state index in [1.165, 1.54) is 33.4 Å². The Kier molecular flexibility index (Phi) is 9.73. The fraction of sp³-hybridized carbons (Fsp3) is 0.409. The van der Waals surface area contributed by atoms with Crippen LogP contribution in [0.2, 0.25) is 0 Å². The van der Waals surface area contributed by atoms with Crippen molar-refractivity contribution in [1.82, 2.24) is 0 Å². The van der Waals surface area contributed by atoms with Crippen LogP contribution in [0, 0.1) is 21.3 Å². The molecule has 1 unspecified atom stereocenters. The van der Waals surface area contributed by atoms with E-state index < -0.39 is 0 Å². The molecule has 0 saturated heterocycles. The fourth-order valence-electron chi connectivity index (χ4n) is 3.73. The quantitative estimate of drug-likeness (QED) is 0.462. The molecule has 138 valence electrons. The van der Waals surface area contributed by atoms with E-state index in [1.54, 1.807) is 0 Å². The minimum Gasteiger partial charge on any atom is -1.00 e. The Hall–Kier alpha value is -0.714. The zero-order chi connectivity index (χ0) is 16.7. The van der Waals surface area contributed by atoms with Crippen LogP contribution in [0.5, 0.6) is 5.75 Å². The van der Waals surface area contributed by atoms with Crippen molar-refractivity contribution in [2.45, 2.75) is 52.9 Å². The number of anilines is 1. The number of rotatable bonds is 3. The van der Waals surface area contributed by atoms with Crippen LogP contribution < -0.4 is 27.5 Å². The summed E-state index contributed by atoms with van der Waals surface area (Å²) in [7, 11) is 0. The molecular formula is C22H30BrMgNO. The number of hydrogen-bond acceptors (Lipinski definition) is 2. The molecule has 1 atom stereocenters. The second-order valence-electron chi connectivity index (χ2n) is 6.92. The molecule has 4 heteroatoms. The predicted octanol–water partition coefficient (Wildman–Crippen LogP) is 2.17. The summed E-state index contributed by atoms with van der Waals surface area (Å²) in [6.45, 7) is 11.6. The van der Waals surface area contributed by atoms with Crippen LogP contribution in [0.3, 0.4) is 0 Å². The maximum atomic E-state index is 6.38. The number of hydrogen-bond donors (Lipinski definition) is 1. The van der Waals surface area contributed by atoms with Crippen molar-refractivity contribution in [3.05, 3.63) is 65.1 Å². The molecule has 26 heavy (non-hydrogen) atoms. The normalized spacial score (nSPS) is 14.6. The van der Waals surface area contributed by atoms with Gasteiger partial charge in [-0.05, 0) is 54.0 Å². The van der Waals surface area contributed by atoms with E-state index in [0.29, 0.717) is 18.4 Å². The molecule has 0 bridgehead atoms. The number of nitrogen functional groups attached to an aromatic ring is 1. The molecule has 1 heterocycles. The Morgan fingerprint density at radius 3 is 2.19 bits per heavy atom. The van der Waals surface area contributed by atoms with Crippen LogP contribution in [0.25, 0.3) is 0 Å². The number of fused-ring (bicyclic) bond motifs is 1. The van der Waals surface area contributed by atoms with Gasteiger partial charge in [-0.1, -0.05) is 45.0 Å². The number of halogens is 1. The van der Waals surface area contributed by atoms with Gasteiger partial charge >= 0.3 is 23.1 Å². The Balaban J connectivity index is 0.00000208. The van der Waals surface area contributed by atoms with Gasteiger partial charge in [-0.15, -0.1) is 0 Å². The molecule has 2 aromatic carbocycles. The van der Waals surface area contributed by atoms with E-state index in [9.17, 15) is 0 Å². The van der Waals surface area contributed by atoms with E-state index in [4.69, 9.17) is 10.5 Å². The first-order valence-corrected chi connectivity index (χ1v) is 8.59. The largest absolute Gasteiger partial charge is 2.00 e. The summed E-state index contributed by atoms with van der Waals surface area (Å²) in [5, 5.41) is 0. The minimum absolute atomic E-state index is 0. The topological polar surface area (TPSA) is 35.2 Å². The Morgan fingerprint density at radius 1 is 1.12 bits per heavy atom.